The molecule has 0 radical (unpaired) electrons. The first-order valence-corrected chi connectivity index (χ1v) is 7.45. The van der Waals surface area contributed by atoms with E-state index in [9.17, 15) is 4.79 Å². The molecule has 0 atom stereocenters. The van der Waals surface area contributed by atoms with E-state index < -0.39 is 0 Å². The summed E-state index contributed by atoms with van der Waals surface area (Å²) in [5.41, 5.74) is 4.18. The molecule has 0 saturated heterocycles. The predicted octanol–water partition coefficient (Wildman–Crippen LogP) is 3.16. The van der Waals surface area contributed by atoms with E-state index in [1.54, 1.807) is 0 Å². The van der Waals surface area contributed by atoms with Gasteiger partial charge in [0.2, 0.25) is 0 Å². The van der Waals surface area contributed by atoms with Gasteiger partial charge in [0.1, 0.15) is 23.8 Å². The Labute approximate surface area is 135 Å². The largest absolute Gasteiger partial charge is 0.460 e. The molecule has 0 fully saturated rings. The van der Waals surface area contributed by atoms with Crippen LogP contribution in [0.2, 0.25) is 0 Å². The summed E-state index contributed by atoms with van der Waals surface area (Å²) in [5.74, 6) is 0.0800. The summed E-state index contributed by atoms with van der Waals surface area (Å²) >= 11 is 0. The lowest BCUT2D eigenvalue weighted by Gasteiger charge is -2.04. The summed E-state index contributed by atoms with van der Waals surface area (Å²) in [6, 6.07) is 16.0. The number of benzene rings is 2. The summed E-state index contributed by atoms with van der Waals surface area (Å²) in [6.45, 7) is 4.07. The van der Waals surface area contributed by atoms with Crippen LogP contribution < -0.4 is 4.57 Å². The van der Waals surface area contributed by atoms with Gasteiger partial charge in [0.25, 0.3) is 0 Å². The van der Waals surface area contributed by atoms with Crippen LogP contribution in [-0.4, -0.2) is 17.6 Å². The number of hydrogen-bond acceptors (Lipinski definition) is 2. The number of esters is 1. The zero-order valence-corrected chi connectivity index (χ0v) is 13.5. The molecule has 0 amide bonds. The summed E-state index contributed by atoms with van der Waals surface area (Å²) < 4.78 is 8.66. The number of aryl methyl sites for hydroxylation is 2. The summed E-state index contributed by atoms with van der Waals surface area (Å²) in [5, 5.41) is 0. The lowest BCUT2D eigenvalue weighted by Crippen LogP contribution is -2.37. The number of nitrogens with zero attached hydrogens (tertiary/aromatic N) is 2. The Balaban J connectivity index is 2.16. The molecule has 0 N–H and O–H groups in total. The van der Waals surface area contributed by atoms with Crippen LogP contribution in [0, 0.1) is 13.8 Å². The van der Waals surface area contributed by atoms with E-state index in [2.05, 4.69) is 0 Å². The van der Waals surface area contributed by atoms with Crippen LogP contribution in [0.25, 0.3) is 11.4 Å². The molecule has 23 heavy (non-hydrogen) atoms. The molecular formula is C19H19N2O2+. The van der Waals surface area contributed by atoms with Crippen molar-refractivity contribution in [3.63, 3.8) is 0 Å². The lowest BCUT2D eigenvalue weighted by atomic mass is 10.2. The highest BCUT2D eigenvalue weighted by Crippen LogP contribution is 2.14. The van der Waals surface area contributed by atoms with Crippen molar-refractivity contribution in [1.29, 1.82) is 0 Å². The van der Waals surface area contributed by atoms with Crippen molar-refractivity contribution < 1.29 is 14.1 Å². The zero-order chi connectivity index (χ0) is 16.4. The quantitative estimate of drug-likeness (QED) is 0.550. The van der Waals surface area contributed by atoms with Gasteiger partial charge in [-0.1, -0.05) is 35.4 Å². The number of aromatic nitrogens is 2. The molecule has 116 valence electrons. The van der Waals surface area contributed by atoms with E-state index in [4.69, 9.17) is 4.74 Å². The van der Waals surface area contributed by atoms with Gasteiger partial charge in [-0.25, -0.2) is 4.79 Å². The van der Waals surface area contributed by atoms with Gasteiger partial charge in [0, 0.05) is 0 Å². The highest BCUT2D eigenvalue weighted by Gasteiger charge is 2.28. The number of ether oxygens (including phenoxy) is 1. The molecule has 2 aromatic carbocycles. The smallest absolute Gasteiger partial charge is 0.422 e. The van der Waals surface area contributed by atoms with Crippen molar-refractivity contribution in [3.05, 3.63) is 77.9 Å². The third-order valence-electron chi connectivity index (χ3n) is 3.81. The van der Waals surface area contributed by atoms with Gasteiger partial charge in [-0.3, -0.25) is 0 Å². The van der Waals surface area contributed by atoms with Gasteiger partial charge in [-0.15, -0.1) is 0 Å². The number of methoxy groups -OCH3 is 1. The Hall–Kier alpha value is -2.88. The number of carbonyl (C=O) groups excluding carboxylic acids is 1. The normalized spacial score (nSPS) is 10.6. The minimum Gasteiger partial charge on any atom is -0.460 e. The first-order valence-electron chi connectivity index (χ1n) is 7.45. The molecule has 4 heteroatoms. The molecular weight excluding hydrogens is 288 g/mol. The number of hydrogen-bond donors (Lipinski definition) is 0. The standard InChI is InChI=1S/C19H19N2O2/c1-14-4-8-16(9-5-14)20-12-13-21(18(20)19(22)23-3)17-10-6-15(2)7-11-17/h4-13H,1-3H3/q+1. The van der Waals surface area contributed by atoms with Crippen LogP contribution in [0.5, 0.6) is 0 Å². The minimum absolute atomic E-state index is 0.379. The molecule has 1 aromatic heterocycles. The molecule has 0 aliphatic heterocycles. The Morgan fingerprint density at radius 1 is 0.957 bits per heavy atom. The number of imidazole rings is 1. The van der Waals surface area contributed by atoms with Crippen molar-refractivity contribution in [2.75, 3.05) is 7.11 Å². The monoisotopic (exact) mass is 307 g/mol. The van der Waals surface area contributed by atoms with Crippen molar-refractivity contribution in [2.24, 2.45) is 0 Å². The molecule has 0 aliphatic rings. The highest BCUT2D eigenvalue weighted by atomic mass is 16.5. The van der Waals surface area contributed by atoms with Crippen molar-refractivity contribution >= 4 is 5.97 Å². The minimum atomic E-state index is -0.379. The Morgan fingerprint density at radius 3 is 2.09 bits per heavy atom. The van der Waals surface area contributed by atoms with Gasteiger partial charge in [-0.05, 0) is 38.1 Å². The van der Waals surface area contributed by atoms with Crippen molar-refractivity contribution in [1.82, 2.24) is 4.57 Å². The second-order valence-corrected chi connectivity index (χ2v) is 5.52. The van der Waals surface area contributed by atoms with E-state index in [0.29, 0.717) is 5.82 Å². The number of carbonyl (C=O) groups is 1. The molecule has 0 bridgehead atoms. The SMILES string of the molecule is COC(=O)c1n(-c2ccc(C)cc2)cc[n+]1-c1ccc(C)cc1. The Morgan fingerprint density at radius 2 is 1.52 bits per heavy atom. The maximum Gasteiger partial charge on any atom is 0.422 e. The average Bonchev–Trinajstić information content (AvgIpc) is 3.00. The fourth-order valence-corrected chi connectivity index (χ4v) is 2.51. The zero-order valence-electron chi connectivity index (χ0n) is 13.5. The summed E-state index contributed by atoms with van der Waals surface area (Å²) in [6.07, 6.45) is 3.74. The second kappa shape index (κ2) is 6.08. The average molecular weight is 307 g/mol. The predicted molar refractivity (Wildman–Crippen MR) is 88.1 cm³/mol. The van der Waals surface area contributed by atoms with Crippen molar-refractivity contribution in [3.8, 4) is 11.4 Å². The third-order valence-corrected chi connectivity index (χ3v) is 3.81. The fourth-order valence-electron chi connectivity index (χ4n) is 2.51. The highest BCUT2D eigenvalue weighted by molar-refractivity contribution is 5.84. The molecule has 3 rings (SSSR count). The van der Waals surface area contributed by atoms with Gasteiger partial charge in [0.05, 0.1) is 7.11 Å². The van der Waals surface area contributed by atoms with Gasteiger partial charge >= 0.3 is 11.8 Å². The van der Waals surface area contributed by atoms with Gasteiger partial charge in [-0.2, -0.15) is 9.13 Å². The van der Waals surface area contributed by atoms with E-state index in [0.717, 1.165) is 11.4 Å². The first kappa shape index (κ1) is 15.0. The molecule has 4 nitrogen and oxygen atoms in total. The van der Waals surface area contributed by atoms with Crippen LogP contribution in [0.15, 0.2) is 60.9 Å². The van der Waals surface area contributed by atoms with Crippen LogP contribution in [0.3, 0.4) is 0 Å². The number of rotatable bonds is 3. The lowest BCUT2D eigenvalue weighted by molar-refractivity contribution is -0.598. The summed E-state index contributed by atoms with van der Waals surface area (Å²) in [7, 11) is 1.40. The van der Waals surface area contributed by atoms with Crippen LogP contribution in [-0.2, 0) is 4.74 Å². The van der Waals surface area contributed by atoms with Crippen molar-refractivity contribution in [2.45, 2.75) is 13.8 Å². The fraction of sp³-hybridized carbons (Fsp3) is 0.158. The van der Waals surface area contributed by atoms with Gasteiger partial charge < -0.3 is 4.74 Å². The Kier molecular flexibility index (Phi) is 3.98. The van der Waals surface area contributed by atoms with E-state index in [1.165, 1.54) is 18.2 Å². The summed E-state index contributed by atoms with van der Waals surface area (Å²) in [4.78, 5) is 12.3. The molecule has 1 heterocycles. The molecule has 0 aliphatic carbocycles. The van der Waals surface area contributed by atoms with Crippen LogP contribution >= 0.6 is 0 Å². The van der Waals surface area contributed by atoms with Crippen LogP contribution in [0.1, 0.15) is 21.7 Å². The van der Waals surface area contributed by atoms with Crippen LogP contribution in [0.4, 0.5) is 0 Å². The molecule has 0 unspecified atom stereocenters. The maximum absolute atomic E-state index is 12.3. The Bertz CT molecular complexity index is 768. The van der Waals surface area contributed by atoms with E-state index >= 15 is 0 Å². The van der Waals surface area contributed by atoms with E-state index in [1.807, 2.05) is 83.9 Å². The molecule has 0 saturated carbocycles. The second-order valence-electron chi connectivity index (χ2n) is 5.52. The molecule has 3 aromatic rings. The first-order chi connectivity index (χ1) is 11.1. The topological polar surface area (TPSA) is 35.1 Å². The molecule has 0 spiro atoms. The van der Waals surface area contributed by atoms with E-state index in [-0.39, 0.29) is 5.97 Å². The third kappa shape index (κ3) is 2.88. The maximum atomic E-state index is 12.3. The van der Waals surface area contributed by atoms with Gasteiger partial charge in [0.15, 0.2) is 0 Å².